The van der Waals surface area contributed by atoms with E-state index < -0.39 is 0 Å². The number of hydrogen-bond acceptors (Lipinski definition) is 3. The molecular formula is C18H24N2O3. The van der Waals surface area contributed by atoms with Crippen molar-refractivity contribution < 1.29 is 14.3 Å². The van der Waals surface area contributed by atoms with Crippen LogP contribution in [0.15, 0.2) is 18.3 Å². The summed E-state index contributed by atoms with van der Waals surface area (Å²) in [4.78, 5) is 15.8. The molecule has 2 N–H and O–H groups in total. The van der Waals surface area contributed by atoms with E-state index in [4.69, 9.17) is 9.47 Å². The highest BCUT2D eigenvalue weighted by atomic mass is 16.5. The van der Waals surface area contributed by atoms with Crippen LogP contribution in [0.2, 0.25) is 0 Å². The van der Waals surface area contributed by atoms with E-state index in [2.05, 4.69) is 10.3 Å². The number of benzene rings is 1. The molecule has 1 saturated carbocycles. The number of nitrogens with one attached hydrogen (secondary N) is 2. The SMILES string of the molecule is COc1cc2[nH]cc(C(=O)NC3CCCCCC3)c2cc1OC. The molecule has 0 unspecified atom stereocenters. The van der Waals surface area contributed by atoms with Crippen molar-refractivity contribution in [2.24, 2.45) is 0 Å². The second-order valence-corrected chi connectivity index (χ2v) is 6.12. The highest BCUT2D eigenvalue weighted by molar-refractivity contribution is 6.07. The molecule has 1 aliphatic rings. The standard InChI is InChI=1S/C18H24N2O3/c1-22-16-9-13-14(11-19-15(13)10-17(16)23-2)18(21)20-12-7-5-3-4-6-8-12/h9-12,19H,3-8H2,1-2H3,(H,20,21). The van der Waals surface area contributed by atoms with Crippen LogP contribution in [0.5, 0.6) is 11.5 Å². The fourth-order valence-corrected chi connectivity index (χ4v) is 3.32. The monoisotopic (exact) mass is 316 g/mol. The highest BCUT2D eigenvalue weighted by Crippen LogP contribution is 2.33. The van der Waals surface area contributed by atoms with Gasteiger partial charge in [-0.2, -0.15) is 0 Å². The Morgan fingerprint density at radius 3 is 2.39 bits per heavy atom. The van der Waals surface area contributed by atoms with E-state index in [1.807, 2.05) is 12.1 Å². The first-order valence-electron chi connectivity index (χ1n) is 8.27. The number of carbonyl (C=O) groups excluding carboxylic acids is 1. The van der Waals surface area contributed by atoms with Crippen molar-refractivity contribution in [2.75, 3.05) is 14.2 Å². The smallest absolute Gasteiger partial charge is 0.253 e. The van der Waals surface area contributed by atoms with Gasteiger partial charge < -0.3 is 19.8 Å². The van der Waals surface area contributed by atoms with Gasteiger partial charge in [0.2, 0.25) is 0 Å². The molecule has 3 rings (SSSR count). The summed E-state index contributed by atoms with van der Waals surface area (Å²) in [5, 5.41) is 4.04. The molecule has 5 heteroatoms. The van der Waals surface area contributed by atoms with Gasteiger partial charge in [0.25, 0.3) is 5.91 Å². The van der Waals surface area contributed by atoms with Gasteiger partial charge in [0, 0.05) is 23.7 Å². The largest absolute Gasteiger partial charge is 0.493 e. The van der Waals surface area contributed by atoms with Crippen LogP contribution in [0.1, 0.15) is 48.9 Å². The van der Waals surface area contributed by atoms with E-state index >= 15 is 0 Å². The van der Waals surface area contributed by atoms with E-state index in [0.717, 1.165) is 23.7 Å². The van der Waals surface area contributed by atoms with Gasteiger partial charge in [-0.25, -0.2) is 0 Å². The lowest BCUT2D eigenvalue weighted by atomic mass is 10.1. The molecule has 124 valence electrons. The van der Waals surface area contributed by atoms with Crippen LogP contribution in [0.4, 0.5) is 0 Å². The molecule has 1 aromatic heterocycles. The summed E-state index contributed by atoms with van der Waals surface area (Å²) in [5.74, 6) is 1.26. The molecule has 1 fully saturated rings. The Morgan fingerprint density at radius 2 is 1.74 bits per heavy atom. The van der Waals surface area contributed by atoms with Crippen molar-refractivity contribution >= 4 is 16.8 Å². The van der Waals surface area contributed by atoms with Crippen molar-refractivity contribution in [1.29, 1.82) is 0 Å². The first-order valence-corrected chi connectivity index (χ1v) is 8.27. The average molecular weight is 316 g/mol. The fraction of sp³-hybridized carbons (Fsp3) is 0.500. The molecule has 23 heavy (non-hydrogen) atoms. The lowest BCUT2D eigenvalue weighted by molar-refractivity contribution is 0.0935. The summed E-state index contributed by atoms with van der Waals surface area (Å²) >= 11 is 0. The predicted octanol–water partition coefficient (Wildman–Crippen LogP) is 3.64. The number of aromatic amines is 1. The van der Waals surface area contributed by atoms with Gasteiger partial charge in [-0.15, -0.1) is 0 Å². The van der Waals surface area contributed by atoms with Crippen molar-refractivity contribution in [2.45, 2.75) is 44.6 Å². The van der Waals surface area contributed by atoms with Gasteiger partial charge in [-0.3, -0.25) is 4.79 Å². The normalized spacial score (nSPS) is 16.1. The van der Waals surface area contributed by atoms with E-state index in [0.29, 0.717) is 17.1 Å². The van der Waals surface area contributed by atoms with Crippen LogP contribution >= 0.6 is 0 Å². The number of carbonyl (C=O) groups is 1. The molecule has 0 aliphatic heterocycles. The highest BCUT2D eigenvalue weighted by Gasteiger charge is 2.19. The lowest BCUT2D eigenvalue weighted by Crippen LogP contribution is -2.34. The van der Waals surface area contributed by atoms with Gasteiger partial charge >= 0.3 is 0 Å². The number of ether oxygens (including phenoxy) is 2. The third-order valence-electron chi connectivity index (χ3n) is 4.62. The van der Waals surface area contributed by atoms with Gasteiger partial charge in [0.05, 0.1) is 25.3 Å². The topological polar surface area (TPSA) is 63.4 Å². The zero-order valence-corrected chi connectivity index (χ0v) is 13.8. The predicted molar refractivity (Wildman–Crippen MR) is 90.4 cm³/mol. The Kier molecular flexibility index (Phi) is 4.74. The Hall–Kier alpha value is -2.17. The molecule has 0 spiro atoms. The van der Waals surface area contributed by atoms with E-state index in [1.54, 1.807) is 20.4 Å². The molecule has 1 amide bonds. The number of aromatic nitrogens is 1. The first kappa shape index (κ1) is 15.7. The van der Waals surface area contributed by atoms with Crippen LogP contribution in [0.3, 0.4) is 0 Å². The number of fused-ring (bicyclic) bond motifs is 1. The van der Waals surface area contributed by atoms with Gasteiger partial charge in [-0.05, 0) is 18.9 Å². The van der Waals surface area contributed by atoms with Crippen molar-refractivity contribution in [3.63, 3.8) is 0 Å². The second kappa shape index (κ2) is 6.94. The van der Waals surface area contributed by atoms with Gasteiger partial charge in [-0.1, -0.05) is 25.7 Å². The second-order valence-electron chi connectivity index (χ2n) is 6.12. The van der Waals surface area contributed by atoms with E-state index in [1.165, 1.54) is 25.7 Å². The number of methoxy groups -OCH3 is 2. The minimum atomic E-state index is -0.0182. The van der Waals surface area contributed by atoms with Crippen LogP contribution in [0, 0.1) is 0 Å². The number of H-pyrrole nitrogens is 1. The summed E-state index contributed by atoms with van der Waals surface area (Å²) in [6.45, 7) is 0. The maximum absolute atomic E-state index is 12.7. The minimum absolute atomic E-state index is 0.0182. The Morgan fingerprint density at radius 1 is 1.09 bits per heavy atom. The molecule has 0 atom stereocenters. The van der Waals surface area contributed by atoms with Crippen molar-refractivity contribution in [3.05, 3.63) is 23.9 Å². The molecule has 0 radical (unpaired) electrons. The first-order chi connectivity index (χ1) is 11.2. The zero-order chi connectivity index (χ0) is 16.2. The van der Waals surface area contributed by atoms with Crippen molar-refractivity contribution in [3.8, 4) is 11.5 Å². The van der Waals surface area contributed by atoms with Gasteiger partial charge in [0.1, 0.15) is 0 Å². The van der Waals surface area contributed by atoms with E-state index in [-0.39, 0.29) is 11.9 Å². The van der Waals surface area contributed by atoms with Gasteiger partial charge in [0.15, 0.2) is 11.5 Å². The summed E-state index contributed by atoms with van der Waals surface area (Å²) in [7, 11) is 3.20. The van der Waals surface area contributed by atoms with Crippen molar-refractivity contribution in [1.82, 2.24) is 10.3 Å². The zero-order valence-electron chi connectivity index (χ0n) is 13.8. The van der Waals surface area contributed by atoms with Crippen LogP contribution in [0.25, 0.3) is 10.9 Å². The lowest BCUT2D eigenvalue weighted by Gasteiger charge is -2.16. The molecule has 1 aromatic carbocycles. The number of rotatable bonds is 4. The number of hydrogen-bond donors (Lipinski definition) is 2. The van der Waals surface area contributed by atoms with E-state index in [9.17, 15) is 4.79 Å². The quantitative estimate of drug-likeness (QED) is 0.847. The summed E-state index contributed by atoms with van der Waals surface area (Å²) < 4.78 is 10.6. The summed E-state index contributed by atoms with van der Waals surface area (Å²) in [6, 6.07) is 4.00. The molecule has 0 bridgehead atoms. The Bertz CT molecular complexity index is 685. The summed E-state index contributed by atoms with van der Waals surface area (Å²) in [6.07, 6.45) is 8.85. The van der Waals surface area contributed by atoms with Crippen LogP contribution in [-0.4, -0.2) is 31.2 Å². The average Bonchev–Trinajstić information content (AvgIpc) is 2.81. The Labute approximate surface area is 136 Å². The Balaban J connectivity index is 1.85. The minimum Gasteiger partial charge on any atom is -0.493 e. The third-order valence-corrected chi connectivity index (χ3v) is 4.62. The fourth-order valence-electron chi connectivity index (χ4n) is 3.32. The molecule has 0 saturated heterocycles. The van der Waals surface area contributed by atoms with Crippen LogP contribution in [-0.2, 0) is 0 Å². The third kappa shape index (κ3) is 3.28. The number of amides is 1. The molecule has 1 heterocycles. The molecule has 1 aliphatic carbocycles. The molecule has 5 nitrogen and oxygen atoms in total. The summed E-state index contributed by atoms with van der Waals surface area (Å²) in [5.41, 5.74) is 1.53. The molecular weight excluding hydrogens is 292 g/mol. The maximum Gasteiger partial charge on any atom is 0.253 e. The van der Waals surface area contributed by atoms with Crippen LogP contribution < -0.4 is 14.8 Å². The maximum atomic E-state index is 12.7. The molecule has 2 aromatic rings.